The average molecular weight is 341 g/mol. The number of amides is 1. The van der Waals surface area contributed by atoms with E-state index in [1.165, 1.54) is 12.1 Å². The summed E-state index contributed by atoms with van der Waals surface area (Å²) in [6, 6.07) is 4.45. The number of nitro benzene ring substituents is 1. The van der Waals surface area contributed by atoms with Crippen molar-refractivity contribution in [3.8, 4) is 0 Å². The summed E-state index contributed by atoms with van der Waals surface area (Å²) in [4.78, 5) is 22.6. The van der Waals surface area contributed by atoms with E-state index in [0.29, 0.717) is 0 Å². The lowest BCUT2D eigenvalue weighted by Gasteiger charge is -2.20. The van der Waals surface area contributed by atoms with Crippen molar-refractivity contribution in [1.29, 1.82) is 0 Å². The molecule has 106 valence electrons. The molecule has 0 spiro atoms. The van der Waals surface area contributed by atoms with Gasteiger partial charge in [0, 0.05) is 6.07 Å². The molecule has 1 aromatic rings. The molecule has 3 atom stereocenters. The summed E-state index contributed by atoms with van der Waals surface area (Å²) in [5.74, 6) is -0.304. The molecule has 2 heterocycles. The molecule has 0 radical (unpaired) electrons. The maximum atomic E-state index is 12.3. The summed E-state index contributed by atoms with van der Waals surface area (Å²) in [5.41, 5.74) is 0.170. The van der Waals surface area contributed by atoms with Crippen molar-refractivity contribution in [1.82, 2.24) is 5.32 Å². The Balaban J connectivity index is 1.77. The van der Waals surface area contributed by atoms with E-state index in [-0.39, 0.29) is 39.9 Å². The summed E-state index contributed by atoms with van der Waals surface area (Å²) in [5, 5.41) is 13.8. The van der Waals surface area contributed by atoms with Crippen molar-refractivity contribution in [2.75, 3.05) is 0 Å². The second-order valence-corrected chi connectivity index (χ2v) is 5.88. The fourth-order valence-electron chi connectivity index (χ4n) is 2.87. The van der Waals surface area contributed by atoms with Crippen LogP contribution in [-0.2, 0) is 4.74 Å². The molecule has 7 heteroatoms. The van der Waals surface area contributed by atoms with Gasteiger partial charge < -0.3 is 10.1 Å². The van der Waals surface area contributed by atoms with Crippen LogP contribution in [0.5, 0.6) is 0 Å². The highest BCUT2D eigenvalue weighted by Crippen LogP contribution is 2.35. The molecule has 2 fully saturated rings. The summed E-state index contributed by atoms with van der Waals surface area (Å²) < 4.78 is 5.89. The molecule has 3 rings (SSSR count). The van der Waals surface area contributed by atoms with Crippen LogP contribution in [0.1, 0.15) is 29.6 Å². The van der Waals surface area contributed by atoms with Gasteiger partial charge in [-0.05, 0) is 41.3 Å². The lowest BCUT2D eigenvalue weighted by atomic mass is 9.95. The Morgan fingerprint density at radius 3 is 2.85 bits per heavy atom. The molecule has 0 aromatic heterocycles. The van der Waals surface area contributed by atoms with Gasteiger partial charge in [-0.1, -0.05) is 6.07 Å². The number of nitro groups is 1. The number of nitrogens with one attached hydrogen (secondary N) is 1. The van der Waals surface area contributed by atoms with E-state index in [2.05, 4.69) is 21.2 Å². The van der Waals surface area contributed by atoms with Crippen molar-refractivity contribution >= 4 is 27.5 Å². The molecular formula is C13H13BrN2O4. The maximum Gasteiger partial charge on any atom is 0.284 e. The number of hydrogen-bond acceptors (Lipinski definition) is 4. The van der Waals surface area contributed by atoms with Gasteiger partial charge in [0.25, 0.3) is 11.6 Å². The Morgan fingerprint density at radius 2 is 2.25 bits per heavy atom. The first-order valence-corrected chi connectivity index (χ1v) is 7.25. The highest BCUT2D eigenvalue weighted by Gasteiger charge is 2.41. The SMILES string of the molecule is O=C(NC1CC2CCC1O2)c1cccc([N+](=O)[O-])c1Br. The van der Waals surface area contributed by atoms with Crippen LogP contribution >= 0.6 is 15.9 Å². The van der Waals surface area contributed by atoms with Crippen LogP contribution in [0.25, 0.3) is 0 Å². The molecule has 1 amide bonds. The van der Waals surface area contributed by atoms with Crippen LogP contribution in [0.2, 0.25) is 0 Å². The molecular weight excluding hydrogens is 328 g/mol. The lowest BCUT2D eigenvalue weighted by molar-refractivity contribution is -0.385. The van der Waals surface area contributed by atoms with Crippen molar-refractivity contribution in [3.63, 3.8) is 0 Å². The Hall–Kier alpha value is -1.47. The molecule has 1 N–H and O–H groups in total. The van der Waals surface area contributed by atoms with Gasteiger partial charge >= 0.3 is 0 Å². The normalized spacial score (nSPS) is 27.6. The number of carbonyl (C=O) groups excluding carboxylic acids is 1. The first-order chi connectivity index (χ1) is 9.56. The van der Waals surface area contributed by atoms with Crippen LogP contribution in [0.15, 0.2) is 22.7 Å². The zero-order valence-electron chi connectivity index (χ0n) is 10.5. The minimum atomic E-state index is -0.512. The summed E-state index contributed by atoms with van der Waals surface area (Å²) >= 11 is 3.14. The largest absolute Gasteiger partial charge is 0.373 e. The summed E-state index contributed by atoms with van der Waals surface area (Å²) in [6.07, 6.45) is 3.17. The standard InChI is InChI=1S/C13H13BrN2O4/c14-12-8(2-1-3-10(12)16(18)19)13(17)15-9-6-7-4-5-11(9)20-7/h1-3,7,9,11H,4-6H2,(H,15,17). The number of rotatable bonds is 3. The van der Waals surface area contributed by atoms with Crippen molar-refractivity contribution in [2.24, 2.45) is 0 Å². The monoisotopic (exact) mass is 340 g/mol. The molecule has 1 aromatic carbocycles. The third-order valence-electron chi connectivity index (χ3n) is 3.84. The topological polar surface area (TPSA) is 81.5 Å². The van der Waals surface area contributed by atoms with E-state index in [9.17, 15) is 14.9 Å². The number of carbonyl (C=O) groups is 1. The molecule has 3 unspecified atom stereocenters. The van der Waals surface area contributed by atoms with Gasteiger partial charge in [0.15, 0.2) is 0 Å². The Labute approximate surface area is 123 Å². The quantitative estimate of drug-likeness (QED) is 0.676. The van der Waals surface area contributed by atoms with Gasteiger partial charge in [-0.2, -0.15) is 0 Å². The Morgan fingerprint density at radius 1 is 1.45 bits per heavy atom. The minimum absolute atomic E-state index is 0.00686. The number of benzene rings is 1. The van der Waals surface area contributed by atoms with E-state index in [0.717, 1.165) is 19.3 Å². The summed E-state index contributed by atoms with van der Waals surface area (Å²) in [7, 11) is 0. The molecule has 0 aliphatic carbocycles. The highest BCUT2D eigenvalue weighted by atomic mass is 79.9. The number of hydrogen-bond donors (Lipinski definition) is 1. The van der Waals surface area contributed by atoms with Gasteiger partial charge in [0.2, 0.25) is 0 Å². The van der Waals surface area contributed by atoms with Gasteiger partial charge in [-0.25, -0.2) is 0 Å². The number of ether oxygens (including phenoxy) is 1. The van der Waals surface area contributed by atoms with Gasteiger partial charge in [-0.15, -0.1) is 0 Å². The summed E-state index contributed by atoms with van der Waals surface area (Å²) in [6.45, 7) is 0. The number of nitrogens with zero attached hydrogens (tertiary/aromatic N) is 1. The van der Waals surface area contributed by atoms with Crippen LogP contribution in [0, 0.1) is 10.1 Å². The predicted octanol–water partition coefficient (Wildman–Crippen LogP) is 2.41. The average Bonchev–Trinajstić information content (AvgIpc) is 3.00. The number of halogens is 1. The third-order valence-corrected chi connectivity index (χ3v) is 4.68. The van der Waals surface area contributed by atoms with Crippen LogP contribution < -0.4 is 5.32 Å². The molecule has 6 nitrogen and oxygen atoms in total. The fraction of sp³-hybridized carbons (Fsp3) is 0.462. The maximum absolute atomic E-state index is 12.3. The molecule has 2 saturated heterocycles. The zero-order chi connectivity index (χ0) is 14.3. The van der Waals surface area contributed by atoms with Gasteiger partial charge in [0.05, 0.1) is 28.7 Å². The van der Waals surface area contributed by atoms with Crippen molar-refractivity contribution < 1.29 is 14.5 Å². The van der Waals surface area contributed by atoms with Crippen LogP contribution in [0.3, 0.4) is 0 Å². The Bertz CT molecular complexity index is 577. The van der Waals surface area contributed by atoms with E-state index in [1.54, 1.807) is 6.07 Å². The van der Waals surface area contributed by atoms with Crippen molar-refractivity contribution in [2.45, 2.75) is 37.5 Å². The predicted molar refractivity (Wildman–Crippen MR) is 74.6 cm³/mol. The first-order valence-electron chi connectivity index (χ1n) is 6.45. The van der Waals surface area contributed by atoms with Gasteiger partial charge in [-0.3, -0.25) is 14.9 Å². The van der Waals surface area contributed by atoms with E-state index in [1.807, 2.05) is 0 Å². The van der Waals surface area contributed by atoms with E-state index >= 15 is 0 Å². The van der Waals surface area contributed by atoms with Gasteiger partial charge in [0.1, 0.15) is 4.47 Å². The minimum Gasteiger partial charge on any atom is -0.373 e. The first kappa shape index (κ1) is 13.5. The highest BCUT2D eigenvalue weighted by molar-refractivity contribution is 9.10. The molecule has 2 aliphatic rings. The third kappa shape index (κ3) is 2.31. The smallest absolute Gasteiger partial charge is 0.284 e. The Kier molecular flexibility index (Phi) is 3.47. The second-order valence-electron chi connectivity index (χ2n) is 5.09. The van der Waals surface area contributed by atoms with E-state index in [4.69, 9.17) is 4.74 Å². The molecule has 20 heavy (non-hydrogen) atoms. The van der Waals surface area contributed by atoms with E-state index < -0.39 is 4.92 Å². The van der Waals surface area contributed by atoms with Crippen LogP contribution in [-0.4, -0.2) is 29.1 Å². The fourth-order valence-corrected chi connectivity index (χ4v) is 3.46. The molecule has 0 saturated carbocycles. The lowest BCUT2D eigenvalue weighted by Crippen LogP contribution is -2.41. The number of fused-ring (bicyclic) bond motifs is 2. The second kappa shape index (κ2) is 5.14. The zero-order valence-corrected chi connectivity index (χ0v) is 12.1. The molecule has 2 aliphatic heterocycles. The van der Waals surface area contributed by atoms with Crippen LogP contribution in [0.4, 0.5) is 5.69 Å². The molecule has 2 bridgehead atoms. The van der Waals surface area contributed by atoms with Crippen molar-refractivity contribution in [3.05, 3.63) is 38.3 Å².